The van der Waals surface area contributed by atoms with Gasteiger partial charge in [-0.15, -0.1) is 0 Å². The average molecular weight is 382 g/mol. The van der Waals surface area contributed by atoms with Gasteiger partial charge in [-0.2, -0.15) is 4.31 Å². The highest BCUT2D eigenvalue weighted by molar-refractivity contribution is 7.89. The van der Waals surface area contributed by atoms with Crippen LogP contribution < -0.4 is 5.32 Å². The number of hydrogen-bond acceptors (Lipinski definition) is 4. The summed E-state index contributed by atoms with van der Waals surface area (Å²) in [7, 11) is 0.469. The van der Waals surface area contributed by atoms with E-state index in [2.05, 4.69) is 17.1 Å². The van der Waals surface area contributed by atoms with Crippen LogP contribution in [0.3, 0.4) is 0 Å². The van der Waals surface area contributed by atoms with E-state index in [0.717, 1.165) is 18.5 Å². The van der Waals surface area contributed by atoms with Crippen molar-refractivity contribution < 1.29 is 13.2 Å². The van der Waals surface area contributed by atoms with E-state index < -0.39 is 10.0 Å². The Hall–Kier alpha value is -1.44. The molecule has 0 aliphatic carbocycles. The van der Waals surface area contributed by atoms with E-state index in [4.69, 9.17) is 0 Å². The van der Waals surface area contributed by atoms with Gasteiger partial charge in [-0.1, -0.05) is 24.6 Å². The Morgan fingerprint density at radius 3 is 2.58 bits per heavy atom. The number of rotatable bonds is 7. The van der Waals surface area contributed by atoms with Crippen molar-refractivity contribution in [1.82, 2.24) is 14.5 Å². The Morgan fingerprint density at radius 2 is 1.96 bits per heavy atom. The first-order valence-electron chi connectivity index (χ1n) is 9.19. The number of sulfonamides is 1. The molecule has 1 aromatic rings. The second-order valence-corrected chi connectivity index (χ2v) is 9.57. The molecule has 0 bridgehead atoms. The van der Waals surface area contributed by atoms with E-state index in [1.54, 1.807) is 24.3 Å². The van der Waals surface area contributed by atoms with Gasteiger partial charge in [0.1, 0.15) is 0 Å². The first-order valence-corrected chi connectivity index (χ1v) is 10.6. The minimum atomic E-state index is -3.55. The number of nitrogens with zero attached hydrogens (tertiary/aromatic N) is 2. The van der Waals surface area contributed by atoms with Gasteiger partial charge in [0.25, 0.3) is 0 Å². The molecule has 0 aromatic heterocycles. The van der Waals surface area contributed by atoms with Gasteiger partial charge in [-0.3, -0.25) is 4.79 Å². The van der Waals surface area contributed by atoms with Crippen LogP contribution in [0.2, 0.25) is 0 Å². The molecule has 1 aliphatic rings. The minimum absolute atomic E-state index is 0.0422. The van der Waals surface area contributed by atoms with Crippen molar-refractivity contribution in [2.75, 3.05) is 40.3 Å². The third kappa shape index (κ3) is 5.53. The fourth-order valence-electron chi connectivity index (χ4n) is 3.34. The van der Waals surface area contributed by atoms with Crippen LogP contribution in [0, 0.1) is 18.8 Å². The maximum Gasteiger partial charge on any atom is 0.243 e. The van der Waals surface area contributed by atoms with Crippen molar-refractivity contribution in [2.45, 2.75) is 31.6 Å². The summed E-state index contributed by atoms with van der Waals surface area (Å²) in [6, 6.07) is 6.87. The van der Waals surface area contributed by atoms with Gasteiger partial charge in [0, 0.05) is 26.2 Å². The number of nitrogens with one attached hydrogen (secondary N) is 1. The number of carbonyl (C=O) groups is 1. The molecule has 0 radical (unpaired) electrons. The summed E-state index contributed by atoms with van der Waals surface area (Å²) >= 11 is 0. The zero-order valence-corrected chi connectivity index (χ0v) is 17.1. The standard InChI is InChI=1S/C19H31N3O3S/c1-15-7-9-18(10-8-15)26(24,25)22-11-5-6-17(14-22)19(23)20-12-16(2)13-21(3)4/h7-10,16-17H,5-6,11-14H2,1-4H3,(H,20,23). The van der Waals surface area contributed by atoms with Crippen molar-refractivity contribution in [2.24, 2.45) is 11.8 Å². The first kappa shape index (κ1) is 20.9. The van der Waals surface area contributed by atoms with Gasteiger partial charge in [0.2, 0.25) is 15.9 Å². The summed E-state index contributed by atoms with van der Waals surface area (Å²) in [5.41, 5.74) is 1.02. The van der Waals surface area contributed by atoms with Crippen LogP contribution in [0.4, 0.5) is 0 Å². The maximum absolute atomic E-state index is 12.8. The molecule has 1 fully saturated rings. The summed E-state index contributed by atoms with van der Waals surface area (Å²) in [5.74, 6) is 0.0277. The van der Waals surface area contributed by atoms with Crippen LogP contribution in [0.5, 0.6) is 0 Å². The monoisotopic (exact) mass is 381 g/mol. The molecule has 0 spiro atoms. The smallest absolute Gasteiger partial charge is 0.243 e. The number of benzene rings is 1. The zero-order chi connectivity index (χ0) is 19.3. The first-order chi connectivity index (χ1) is 12.2. The van der Waals surface area contributed by atoms with Crippen LogP contribution in [-0.4, -0.2) is 63.8 Å². The van der Waals surface area contributed by atoms with Crippen molar-refractivity contribution in [1.29, 1.82) is 0 Å². The molecule has 2 unspecified atom stereocenters. The Labute approximate surface area is 157 Å². The summed E-state index contributed by atoms with van der Waals surface area (Å²) in [6.07, 6.45) is 1.43. The quantitative estimate of drug-likeness (QED) is 0.781. The molecule has 6 nitrogen and oxygen atoms in total. The van der Waals surface area contributed by atoms with E-state index >= 15 is 0 Å². The van der Waals surface area contributed by atoms with E-state index in [0.29, 0.717) is 30.3 Å². The average Bonchev–Trinajstić information content (AvgIpc) is 2.59. The number of piperidine rings is 1. The Morgan fingerprint density at radius 1 is 1.31 bits per heavy atom. The van der Waals surface area contributed by atoms with Gasteiger partial charge in [-0.05, 0) is 51.9 Å². The fourth-order valence-corrected chi connectivity index (χ4v) is 4.86. The highest BCUT2D eigenvalue weighted by Crippen LogP contribution is 2.24. The van der Waals surface area contributed by atoms with Crippen LogP contribution in [-0.2, 0) is 14.8 Å². The lowest BCUT2D eigenvalue weighted by Crippen LogP contribution is -2.46. The van der Waals surface area contributed by atoms with Gasteiger partial charge >= 0.3 is 0 Å². The summed E-state index contributed by atoms with van der Waals surface area (Å²) in [5, 5.41) is 2.99. The van der Waals surface area contributed by atoms with Gasteiger partial charge in [0.05, 0.1) is 10.8 Å². The zero-order valence-electron chi connectivity index (χ0n) is 16.2. The molecule has 26 heavy (non-hydrogen) atoms. The molecule has 1 N–H and O–H groups in total. The Kier molecular flexibility index (Phi) is 7.20. The summed E-state index contributed by atoms with van der Waals surface area (Å²) in [4.78, 5) is 14.9. The number of carbonyl (C=O) groups excluding carboxylic acids is 1. The molecule has 2 atom stereocenters. The molecular formula is C19H31N3O3S. The van der Waals surface area contributed by atoms with E-state index in [1.165, 1.54) is 4.31 Å². The molecule has 1 heterocycles. The molecule has 7 heteroatoms. The highest BCUT2D eigenvalue weighted by atomic mass is 32.2. The van der Waals surface area contributed by atoms with Crippen LogP contribution in [0.25, 0.3) is 0 Å². The predicted molar refractivity (Wildman–Crippen MR) is 103 cm³/mol. The summed E-state index contributed by atoms with van der Waals surface area (Å²) < 4.78 is 27.1. The molecular weight excluding hydrogens is 350 g/mol. The topological polar surface area (TPSA) is 69.7 Å². The highest BCUT2D eigenvalue weighted by Gasteiger charge is 2.33. The third-order valence-corrected chi connectivity index (χ3v) is 6.59. The van der Waals surface area contributed by atoms with Crippen molar-refractivity contribution >= 4 is 15.9 Å². The van der Waals surface area contributed by atoms with Gasteiger partial charge in [0.15, 0.2) is 0 Å². The number of hydrogen-bond donors (Lipinski definition) is 1. The normalized spacial score (nSPS) is 20.1. The fraction of sp³-hybridized carbons (Fsp3) is 0.632. The predicted octanol–water partition coefficient (Wildman–Crippen LogP) is 1.71. The van der Waals surface area contributed by atoms with Crippen molar-refractivity contribution in [3.63, 3.8) is 0 Å². The molecule has 146 valence electrons. The van der Waals surface area contributed by atoms with Crippen LogP contribution in [0.1, 0.15) is 25.3 Å². The van der Waals surface area contributed by atoms with Gasteiger partial charge in [-0.25, -0.2) is 8.42 Å². The van der Waals surface area contributed by atoms with Gasteiger partial charge < -0.3 is 10.2 Å². The molecule has 1 aliphatic heterocycles. The number of amides is 1. The number of aryl methyl sites for hydroxylation is 1. The van der Waals surface area contributed by atoms with Crippen molar-refractivity contribution in [3.8, 4) is 0 Å². The largest absolute Gasteiger partial charge is 0.356 e. The molecule has 1 saturated heterocycles. The van der Waals surface area contributed by atoms with E-state index in [9.17, 15) is 13.2 Å². The molecule has 1 aromatic carbocycles. The third-order valence-electron chi connectivity index (χ3n) is 4.72. The second kappa shape index (κ2) is 8.97. The Bertz CT molecular complexity index is 701. The Balaban J connectivity index is 1.97. The van der Waals surface area contributed by atoms with E-state index in [1.807, 2.05) is 21.0 Å². The second-order valence-electron chi connectivity index (χ2n) is 7.63. The van der Waals surface area contributed by atoms with Crippen LogP contribution >= 0.6 is 0 Å². The molecule has 0 saturated carbocycles. The lowest BCUT2D eigenvalue weighted by molar-refractivity contribution is -0.126. The maximum atomic E-state index is 12.8. The lowest BCUT2D eigenvalue weighted by atomic mass is 9.98. The lowest BCUT2D eigenvalue weighted by Gasteiger charge is -2.31. The SMILES string of the molecule is Cc1ccc(S(=O)(=O)N2CCCC(C(=O)NCC(C)CN(C)C)C2)cc1. The molecule has 1 amide bonds. The minimum Gasteiger partial charge on any atom is -0.356 e. The van der Waals surface area contributed by atoms with Crippen molar-refractivity contribution in [3.05, 3.63) is 29.8 Å². The molecule has 2 rings (SSSR count). The summed E-state index contributed by atoms with van der Waals surface area (Å²) in [6.45, 7) is 6.25. The van der Waals surface area contributed by atoms with Crippen LogP contribution in [0.15, 0.2) is 29.2 Å². The van der Waals surface area contributed by atoms with E-state index in [-0.39, 0.29) is 18.4 Å².